The highest BCUT2D eigenvalue weighted by atomic mass is 35.5. The Hall–Kier alpha value is -2.07. The largest absolute Gasteiger partial charge is 0.314 e. The first-order valence-electron chi connectivity index (χ1n) is 6.50. The number of aryl methyl sites for hydroxylation is 1. The van der Waals surface area contributed by atoms with Crippen LogP contribution in [0.4, 0.5) is 15.9 Å². The molecule has 0 aliphatic rings. The van der Waals surface area contributed by atoms with Crippen molar-refractivity contribution in [1.29, 1.82) is 0 Å². The highest BCUT2D eigenvalue weighted by Crippen LogP contribution is 2.23. The summed E-state index contributed by atoms with van der Waals surface area (Å²) in [5.74, 6) is -0.337. The van der Waals surface area contributed by atoms with Crippen LogP contribution in [0.15, 0.2) is 48.5 Å². The minimum absolute atomic E-state index is 0.312. The molecule has 0 spiro atoms. The van der Waals surface area contributed by atoms with Gasteiger partial charge in [-0.3, -0.25) is 4.79 Å². The topological polar surface area (TPSA) is 23.6 Å². The number of carbonyl (C=O) groups excluding carboxylic acids is 1. The van der Waals surface area contributed by atoms with Crippen LogP contribution < -0.4 is 10.0 Å². The third kappa shape index (κ3) is 3.73. The van der Waals surface area contributed by atoms with Crippen LogP contribution in [0.1, 0.15) is 5.56 Å². The first-order valence-corrected chi connectivity index (χ1v) is 6.88. The van der Waals surface area contributed by atoms with Crippen molar-refractivity contribution in [2.24, 2.45) is 0 Å². The Morgan fingerprint density at radius 2 is 1.81 bits per heavy atom. The standard InChI is InChI=1S/C16H16ClFN2O/c1-12-10-14(8-9-15(12)17)20(18)11-16(21)19(2)13-6-4-3-5-7-13/h3-10H,11H2,1-2H3. The maximum Gasteiger partial charge on any atom is 0.249 e. The number of likely N-dealkylation sites (N-methyl/N-ethyl adjacent to an activating group) is 1. The van der Waals surface area contributed by atoms with Gasteiger partial charge in [0.15, 0.2) is 0 Å². The average molecular weight is 307 g/mol. The number of benzene rings is 2. The van der Waals surface area contributed by atoms with Gasteiger partial charge in [0, 0.05) is 17.8 Å². The van der Waals surface area contributed by atoms with Crippen LogP contribution in [0.3, 0.4) is 0 Å². The Morgan fingerprint density at radius 3 is 2.43 bits per heavy atom. The van der Waals surface area contributed by atoms with Crippen molar-refractivity contribution in [2.75, 3.05) is 23.6 Å². The van der Waals surface area contributed by atoms with Crippen molar-refractivity contribution < 1.29 is 9.28 Å². The molecule has 21 heavy (non-hydrogen) atoms. The summed E-state index contributed by atoms with van der Waals surface area (Å²) in [6.45, 7) is 1.43. The fraction of sp³-hybridized carbons (Fsp3) is 0.188. The van der Waals surface area contributed by atoms with Gasteiger partial charge in [0.2, 0.25) is 5.91 Å². The maximum absolute atomic E-state index is 14.1. The van der Waals surface area contributed by atoms with Gasteiger partial charge in [-0.25, -0.2) is 5.12 Å². The van der Waals surface area contributed by atoms with Crippen LogP contribution >= 0.6 is 11.6 Å². The summed E-state index contributed by atoms with van der Waals surface area (Å²) >= 11 is 5.91. The number of hydrogen-bond acceptors (Lipinski definition) is 2. The van der Waals surface area contributed by atoms with Gasteiger partial charge in [0.05, 0.1) is 5.69 Å². The molecule has 0 aliphatic heterocycles. The fourth-order valence-electron chi connectivity index (χ4n) is 1.89. The smallest absolute Gasteiger partial charge is 0.249 e. The van der Waals surface area contributed by atoms with E-state index < -0.39 is 0 Å². The van der Waals surface area contributed by atoms with Gasteiger partial charge in [-0.15, -0.1) is 0 Å². The molecular weight excluding hydrogens is 291 g/mol. The number of para-hydroxylation sites is 1. The second-order valence-corrected chi connectivity index (χ2v) is 5.15. The molecule has 0 saturated heterocycles. The van der Waals surface area contributed by atoms with E-state index in [1.807, 2.05) is 18.2 Å². The molecule has 5 heteroatoms. The number of anilines is 2. The molecule has 0 aromatic heterocycles. The number of halogens is 2. The lowest BCUT2D eigenvalue weighted by Gasteiger charge is -2.20. The summed E-state index contributed by atoms with van der Waals surface area (Å²) in [6.07, 6.45) is 0. The van der Waals surface area contributed by atoms with E-state index in [1.54, 1.807) is 44.3 Å². The molecule has 110 valence electrons. The average Bonchev–Trinajstić information content (AvgIpc) is 2.50. The van der Waals surface area contributed by atoms with Gasteiger partial charge in [0.25, 0.3) is 0 Å². The molecule has 2 aromatic rings. The highest BCUT2D eigenvalue weighted by Gasteiger charge is 2.16. The molecule has 0 aliphatic carbocycles. The quantitative estimate of drug-likeness (QED) is 0.797. The third-order valence-corrected chi connectivity index (χ3v) is 3.64. The van der Waals surface area contributed by atoms with E-state index in [9.17, 15) is 9.28 Å². The fourth-order valence-corrected chi connectivity index (χ4v) is 2.01. The minimum Gasteiger partial charge on any atom is -0.314 e. The zero-order chi connectivity index (χ0) is 15.4. The van der Waals surface area contributed by atoms with E-state index in [0.29, 0.717) is 15.8 Å². The number of amides is 1. The normalized spacial score (nSPS) is 10.3. The zero-order valence-electron chi connectivity index (χ0n) is 11.9. The maximum atomic E-state index is 14.1. The van der Waals surface area contributed by atoms with E-state index in [4.69, 9.17) is 11.6 Å². The molecule has 0 heterocycles. The molecule has 0 radical (unpaired) electrons. The van der Waals surface area contributed by atoms with Crippen molar-refractivity contribution in [3.8, 4) is 0 Å². The summed E-state index contributed by atoms with van der Waals surface area (Å²) in [6, 6.07) is 13.9. The Balaban J connectivity index is 2.06. The number of rotatable bonds is 4. The Labute approximate surface area is 128 Å². The van der Waals surface area contributed by atoms with E-state index in [1.165, 1.54) is 4.90 Å². The number of nitrogens with zero attached hydrogens (tertiary/aromatic N) is 2. The highest BCUT2D eigenvalue weighted by molar-refractivity contribution is 6.31. The molecule has 0 atom stereocenters. The Kier molecular flexibility index (Phi) is 4.81. The Bertz CT molecular complexity index is 633. The summed E-state index contributed by atoms with van der Waals surface area (Å²) in [4.78, 5) is 13.5. The first kappa shape index (κ1) is 15.3. The molecule has 2 rings (SSSR count). The lowest BCUT2D eigenvalue weighted by molar-refractivity contribution is -0.117. The molecule has 2 aromatic carbocycles. The molecule has 0 N–H and O–H groups in total. The van der Waals surface area contributed by atoms with E-state index >= 15 is 0 Å². The van der Waals surface area contributed by atoms with Gasteiger partial charge >= 0.3 is 0 Å². The summed E-state index contributed by atoms with van der Waals surface area (Å²) < 4.78 is 14.1. The van der Waals surface area contributed by atoms with E-state index in [0.717, 1.165) is 11.3 Å². The summed E-state index contributed by atoms with van der Waals surface area (Å²) in [7, 11) is 1.62. The second kappa shape index (κ2) is 6.59. The SMILES string of the molecule is Cc1cc(N(F)CC(=O)N(C)c2ccccc2)ccc1Cl. The molecule has 0 unspecified atom stereocenters. The van der Waals surface area contributed by atoms with Crippen LogP contribution in [0, 0.1) is 6.92 Å². The van der Waals surface area contributed by atoms with Gasteiger partial charge in [-0.05, 0) is 42.8 Å². The van der Waals surface area contributed by atoms with Crippen molar-refractivity contribution >= 4 is 28.9 Å². The minimum atomic E-state index is -0.355. The summed E-state index contributed by atoms with van der Waals surface area (Å²) in [5.41, 5.74) is 1.80. The van der Waals surface area contributed by atoms with Gasteiger partial charge in [-0.1, -0.05) is 34.3 Å². The van der Waals surface area contributed by atoms with E-state index in [2.05, 4.69) is 0 Å². The van der Waals surface area contributed by atoms with Crippen LogP contribution in [0.5, 0.6) is 0 Å². The molecule has 3 nitrogen and oxygen atoms in total. The molecular formula is C16H16ClFN2O. The van der Waals surface area contributed by atoms with Crippen LogP contribution in [-0.2, 0) is 4.79 Å². The molecule has 1 amide bonds. The second-order valence-electron chi connectivity index (χ2n) is 4.74. The number of hydrogen-bond donors (Lipinski definition) is 0. The van der Waals surface area contributed by atoms with Gasteiger partial charge in [0.1, 0.15) is 6.54 Å². The van der Waals surface area contributed by atoms with Crippen LogP contribution in [-0.4, -0.2) is 19.5 Å². The van der Waals surface area contributed by atoms with Crippen molar-refractivity contribution in [2.45, 2.75) is 6.92 Å². The molecule has 0 bridgehead atoms. The lowest BCUT2D eigenvalue weighted by Crippen LogP contribution is -2.35. The molecule has 0 saturated carbocycles. The van der Waals surface area contributed by atoms with Crippen molar-refractivity contribution in [3.05, 3.63) is 59.1 Å². The number of carbonyl (C=O) groups is 1. The predicted molar refractivity (Wildman–Crippen MR) is 84.5 cm³/mol. The van der Waals surface area contributed by atoms with Crippen LogP contribution in [0.25, 0.3) is 0 Å². The van der Waals surface area contributed by atoms with Crippen LogP contribution in [0.2, 0.25) is 5.02 Å². The monoisotopic (exact) mass is 306 g/mol. The predicted octanol–water partition coefficient (Wildman–Crippen LogP) is 4.00. The first-order chi connectivity index (χ1) is 9.99. The van der Waals surface area contributed by atoms with E-state index in [-0.39, 0.29) is 12.5 Å². The van der Waals surface area contributed by atoms with Crippen molar-refractivity contribution in [3.63, 3.8) is 0 Å². The third-order valence-electron chi connectivity index (χ3n) is 3.21. The lowest BCUT2D eigenvalue weighted by atomic mass is 10.2. The Morgan fingerprint density at radius 1 is 1.14 bits per heavy atom. The van der Waals surface area contributed by atoms with Gasteiger partial charge < -0.3 is 4.90 Å². The summed E-state index contributed by atoms with van der Waals surface area (Å²) in [5, 5.41) is 0.991. The van der Waals surface area contributed by atoms with Crippen molar-refractivity contribution in [1.82, 2.24) is 0 Å². The van der Waals surface area contributed by atoms with Gasteiger partial charge in [-0.2, -0.15) is 0 Å². The molecule has 0 fully saturated rings. The zero-order valence-corrected chi connectivity index (χ0v) is 12.6.